The molecule has 0 amide bonds. The quantitative estimate of drug-likeness (QED) is 0.769. The zero-order valence-electron chi connectivity index (χ0n) is 10.3. The average Bonchev–Trinajstić information content (AvgIpc) is 3.06. The molecular weight excluding hydrogens is 196 g/mol. The van der Waals surface area contributed by atoms with Crippen LogP contribution in [0.1, 0.15) is 38.2 Å². The summed E-state index contributed by atoms with van der Waals surface area (Å²) in [5.74, 6) is 0.909. The zero-order chi connectivity index (χ0) is 11.6. The molecule has 1 aliphatic carbocycles. The molecule has 2 aliphatic rings. The second-order valence-corrected chi connectivity index (χ2v) is 3.67. The Labute approximate surface area is 98.8 Å². The largest absolute Gasteiger partial charge is 0.375 e. The number of hydrogen-bond acceptors (Lipinski definition) is 2. The molecule has 0 aromatic heterocycles. The summed E-state index contributed by atoms with van der Waals surface area (Å²) in [7, 11) is 0. The maximum Gasteiger partial charge on any atom is 0.0825 e. The monoisotopic (exact) mass is 218 g/mol. The molecule has 1 saturated carbocycles. The number of nitrogens with one attached hydrogen (secondary N) is 1. The fraction of sp³-hybridized carbons (Fsp3) is 0.500. The van der Waals surface area contributed by atoms with E-state index in [0.29, 0.717) is 0 Å². The van der Waals surface area contributed by atoms with Crippen molar-refractivity contribution >= 4 is 6.34 Å². The summed E-state index contributed by atoms with van der Waals surface area (Å²) < 4.78 is 0. The van der Waals surface area contributed by atoms with Crippen LogP contribution in [0.3, 0.4) is 0 Å². The molecule has 0 bridgehead atoms. The van der Waals surface area contributed by atoms with Crippen LogP contribution in [0.5, 0.6) is 0 Å². The van der Waals surface area contributed by atoms with Crippen molar-refractivity contribution in [2.45, 2.75) is 32.6 Å². The molecule has 1 heterocycles. The molecule has 0 spiro atoms. The number of hydrogen-bond donors (Lipinski definition) is 1. The maximum absolute atomic E-state index is 3.85. The van der Waals surface area contributed by atoms with Crippen molar-refractivity contribution in [2.75, 3.05) is 13.1 Å². The van der Waals surface area contributed by atoms with Crippen LogP contribution in [-0.4, -0.2) is 19.4 Å². The molecule has 2 nitrogen and oxygen atoms in total. The standard InChI is InChI=1S/C9H10.C3H6N2.C2H6/c1-2-4-8(5-3-1)9-6-7-9;1-2-5-3-4-1;1-2/h1-5,9H,6-7H2;3H,1-2H2,(H,4,5);1-2H3. The third-order valence-corrected chi connectivity index (χ3v) is 2.42. The molecule has 0 radical (unpaired) electrons. The van der Waals surface area contributed by atoms with Crippen LogP contribution in [0.15, 0.2) is 35.3 Å². The highest BCUT2D eigenvalue weighted by atomic mass is 15.0. The van der Waals surface area contributed by atoms with Gasteiger partial charge in [0.15, 0.2) is 0 Å². The predicted molar refractivity (Wildman–Crippen MR) is 71.1 cm³/mol. The SMILES string of the molecule is C1=NCCN1.CC.c1ccc(C2CC2)cc1. The molecule has 3 rings (SSSR count). The van der Waals surface area contributed by atoms with E-state index in [4.69, 9.17) is 0 Å². The van der Waals surface area contributed by atoms with Gasteiger partial charge in [-0.25, -0.2) is 0 Å². The molecule has 1 aromatic rings. The summed E-state index contributed by atoms with van der Waals surface area (Å²) in [5.41, 5.74) is 1.53. The molecule has 2 heteroatoms. The van der Waals surface area contributed by atoms with Crippen molar-refractivity contribution in [1.82, 2.24) is 5.32 Å². The van der Waals surface area contributed by atoms with Gasteiger partial charge >= 0.3 is 0 Å². The number of benzene rings is 1. The highest BCUT2D eigenvalue weighted by Crippen LogP contribution is 2.39. The smallest absolute Gasteiger partial charge is 0.0825 e. The van der Waals surface area contributed by atoms with E-state index >= 15 is 0 Å². The summed E-state index contributed by atoms with van der Waals surface area (Å²) in [4.78, 5) is 3.85. The van der Waals surface area contributed by atoms with E-state index in [-0.39, 0.29) is 0 Å². The predicted octanol–water partition coefficient (Wildman–Crippen LogP) is 3.21. The summed E-state index contributed by atoms with van der Waals surface area (Å²) in [6.07, 6.45) is 4.55. The van der Waals surface area contributed by atoms with E-state index in [9.17, 15) is 0 Å². The van der Waals surface area contributed by atoms with Crippen LogP contribution < -0.4 is 5.32 Å². The van der Waals surface area contributed by atoms with Gasteiger partial charge in [0.2, 0.25) is 0 Å². The number of aliphatic imine (C=N–C) groups is 1. The summed E-state index contributed by atoms with van der Waals surface area (Å²) >= 11 is 0. The fourth-order valence-corrected chi connectivity index (χ4v) is 1.46. The molecule has 1 aromatic carbocycles. The Hall–Kier alpha value is -1.31. The molecule has 0 saturated heterocycles. The van der Waals surface area contributed by atoms with Crippen molar-refractivity contribution < 1.29 is 0 Å². The van der Waals surface area contributed by atoms with Gasteiger partial charge in [0.1, 0.15) is 0 Å². The minimum absolute atomic E-state index is 0.909. The van der Waals surface area contributed by atoms with E-state index < -0.39 is 0 Å². The summed E-state index contributed by atoms with van der Waals surface area (Å²) in [6.45, 7) is 5.99. The van der Waals surface area contributed by atoms with Crippen LogP contribution in [-0.2, 0) is 0 Å². The zero-order valence-corrected chi connectivity index (χ0v) is 10.3. The molecule has 16 heavy (non-hydrogen) atoms. The Morgan fingerprint density at radius 1 is 1.12 bits per heavy atom. The minimum atomic E-state index is 0.909. The molecule has 88 valence electrons. The minimum Gasteiger partial charge on any atom is -0.375 e. The lowest BCUT2D eigenvalue weighted by Gasteiger charge is -1.92. The third-order valence-electron chi connectivity index (χ3n) is 2.42. The van der Waals surface area contributed by atoms with Gasteiger partial charge in [-0.15, -0.1) is 0 Å². The van der Waals surface area contributed by atoms with E-state index in [1.807, 2.05) is 13.8 Å². The first-order valence-electron chi connectivity index (χ1n) is 6.23. The summed E-state index contributed by atoms with van der Waals surface area (Å²) in [5, 5.41) is 2.93. The van der Waals surface area contributed by atoms with Crippen LogP contribution in [0.2, 0.25) is 0 Å². The molecule has 1 aliphatic heterocycles. The third kappa shape index (κ3) is 4.96. The number of rotatable bonds is 1. The van der Waals surface area contributed by atoms with Crippen LogP contribution in [0.25, 0.3) is 0 Å². The molecule has 0 unspecified atom stereocenters. The van der Waals surface area contributed by atoms with Crippen LogP contribution in [0.4, 0.5) is 0 Å². The molecule has 1 N–H and O–H groups in total. The second kappa shape index (κ2) is 7.91. The van der Waals surface area contributed by atoms with Crippen LogP contribution >= 0.6 is 0 Å². The van der Waals surface area contributed by atoms with E-state index in [0.717, 1.165) is 19.0 Å². The lowest BCUT2D eigenvalue weighted by atomic mass is 10.1. The van der Waals surface area contributed by atoms with Gasteiger partial charge in [-0.1, -0.05) is 44.2 Å². The fourth-order valence-electron chi connectivity index (χ4n) is 1.46. The summed E-state index contributed by atoms with van der Waals surface area (Å²) in [6, 6.07) is 10.8. The van der Waals surface area contributed by atoms with Crippen molar-refractivity contribution in [3.8, 4) is 0 Å². The lowest BCUT2D eigenvalue weighted by Crippen LogP contribution is -2.04. The van der Waals surface area contributed by atoms with E-state index in [1.165, 1.54) is 18.4 Å². The first kappa shape index (κ1) is 12.8. The first-order chi connectivity index (χ1) is 7.97. The Bertz CT molecular complexity index is 283. The maximum atomic E-state index is 3.85. The van der Waals surface area contributed by atoms with Crippen molar-refractivity contribution in [3.05, 3.63) is 35.9 Å². The normalized spacial score (nSPS) is 16.4. The van der Waals surface area contributed by atoms with Gasteiger partial charge in [-0.3, -0.25) is 4.99 Å². The first-order valence-corrected chi connectivity index (χ1v) is 6.23. The Morgan fingerprint density at radius 3 is 2.19 bits per heavy atom. The Kier molecular flexibility index (Phi) is 6.31. The second-order valence-electron chi connectivity index (χ2n) is 3.67. The van der Waals surface area contributed by atoms with Gasteiger partial charge in [0.05, 0.1) is 12.9 Å². The van der Waals surface area contributed by atoms with Gasteiger partial charge in [-0.2, -0.15) is 0 Å². The topological polar surface area (TPSA) is 24.4 Å². The molecule has 0 atom stereocenters. The van der Waals surface area contributed by atoms with E-state index in [2.05, 4.69) is 40.6 Å². The lowest BCUT2D eigenvalue weighted by molar-refractivity contribution is 0.965. The number of nitrogens with zero attached hydrogens (tertiary/aromatic N) is 1. The van der Waals surface area contributed by atoms with Gasteiger partial charge in [-0.05, 0) is 24.3 Å². The Balaban J connectivity index is 0.000000156. The average molecular weight is 218 g/mol. The van der Waals surface area contributed by atoms with Crippen molar-refractivity contribution in [3.63, 3.8) is 0 Å². The highest BCUT2D eigenvalue weighted by Gasteiger charge is 2.22. The van der Waals surface area contributed by atoms with Crippen molar-refractivity contribution in [1.29, 1.82) is 0 Å². The molecular formula is C14H22N2. The van der Waals surface area contributed by atoms with Crippen molar-refractivity contribution in [2.24, 2.45) is 4.99 Å². The van der Waals surface area contributed by atoms with E-state index in [1.54, 1.807) is 6.34 Å². The van der Waals surface area contributed by atoms with Gasteiger partial charge in [0.25, 0.3) is 0 Å². The van der Waals surface area contributed by atoms with Gasteiger partial charge < -0.3 is 5.32 Å². The Morgan fingerprint density at radius 2 is 1.81 bits per heavy atom. The highest BCUT2D eigenvalue weighted by molar-refractivity contribution is 5.56. The van der Waals surface area contributed by atoms with Crippen LogP contribution in [0, 0.1) is 0 Å². The molecule has 1 fully saturated rings. The van der Waals surface area contributed by atoms with Gasteiger partial charge in [0, 0.05) is 6.54 Å².